The molecule has 1 aliphatic heterocycles. The zero-order valence-corrected chi connectivity index (χ0v) is 14.0. The number of thiocarbonyl (C=S) groups is 1. The molecule has 0 saturated carbocycles. The van der Waals surface area contributed by atoms with Crippen LogP contribution in [0.25, 0.3) is 0 Å². The maximum atomic E-state index is 5.66. The third-order valence-electron chi connectivity index (χ3n) is 4.16. The van der Waals surface area contributed by atoms with Gasteiger partial charge in [0.1, 0.15) is 0 Å². The summed E-state index contributed by atoms with van der Waals surface area (Å²) in [5.41, 5.74) is 5.02. The Kier molecular flexibility index (Phi) is 4.44. The fourth-order valence-electron chi connectivity index (χ4n) is 2.91. The summed E-state index contributed by atoms with van der Waals surface area (Å²) < 4.78 is 0. The minimum Gasteiger partial charge on any atom is -0.332 e. The summed E-state index contributed by atoms with van der Waals surface area (Å²) in [5, 5.41) is 4.19. The van der Waals surface area contributed by atoms with E-state index >= 15 is 0 Å². The predicted octanol–water partition coefficient (Wildman–Crippen LogP) is 4.96. The highest BCUT2D eigenvalue weighted by molar-refractivity contribution is 7.80. The van der Waals surface area contributed by atoms with Gasteiger partial charge in [0.2, 0.25) is 0 Å². The second kappa shape index (κ2) is 6.49. The van der Waals surface area contributed by atoms with Crippen molar-refractivity contribution < 1.29 is 0 Å². The van der Waals surface area contributed by atoms with E-state index in [1.807, 2.05) is 0 Å². The number of hydrogen-bond donors (Lipinski definition) is 1. The van der Waals surface area contributed by atoms with Crippen molar-refractivity contribution in [2.24, 2.45) is 0 Å². The van der Waals surface area contributed by atoms with Gasteiger partial charge in [0.05, 0.1) is 0 Å². The molecule has 0 amide bonds. The Bertz CT molecular complexity index is 679. The zero-order valence-electron chi connectivity index (χ0n) is 13.2. The number of nitrogens with one attached hydrogen (secondary N) is 1. The second-order valence-electron chi connectivity index (χ2n) is 6.09. The molecule has 0 spiro atoms. The number of aryl methyl sites for hydroxylation is 1. The van der Waals surface area contributed by atoms with E-state index in [-0.39, 0.29) is 0 Å². The van der Waals surface area contributed by atoms with Crippen LogP contribution in [0, 0.1) is 0 Å². The third kappa shape index (κ3) is 3.14. The maximum absolute atomic E-state index is 5.66. The van der Waals surface area contributed by atoms with Crippen LogP contribution >= 0.6 is 12.2 Å². The number of nitrogens with zero attached hydrogens (tertiary/aromatic N) is 1. The molecule has 1 aliphatic rings. The van der Waals surface area contributed by atoms with Crippen LogP contribution in [0.4, 0.5) is 11.4 Å². The van der Waals surface area contributed by atoms with E-state index in [1.54, 1.807) is 0 Å². The summed E-state index contributed by atoms with van der Waals surface area (Å²) in [6, 6.07) is 17.1. The summed E-state index contributed by atoms with van der Waals surface area (Å²) >= 11 is 5.66. The first-order valence-electron chi connectivity index (χ1n) is 7.91. The lowest BCUT2D eigenvalue weighted by Crippen LogP contribution is -2.38. The largest absolute Gasteiger partial charge is 0.332 e. The van der Waals surface area contributed by atoms with Gasteiger partial charge in [-0.1, -0.05) is 44.2 Å². The molecule has 0 saturated heterocycles. The van der Waals surface area contributed by atoms with Crippen molar-refractivity contribution in [3.63, 3.8) is 0 Å². The van der Waals surface area contributed by atoms with Crippen LogP contribution in [0.1, 0.15) is 37.3 Å². The Morgan fingerprint density at radius 2 is 1.95 bits per heavy atom. The van der Waals surface area contributed by atoms with Crippen molar-refractivity contribution in [3.05, 3.63) is 59.7 Å². The summed E-state index contributed by atoms with van der Waals surface area (Å²) in [4.78, 5) is 2.22. The molecule has 2 nitrogen and oxygen atoms in total. The fraction of sp³-hybridized carbons (Fsp3) is 0.316. The van der Waals surface area contributed by atoms with E-state index in [0.29, 0.717) is 5.92 Å². The molecule has 0 fully saturated rings. The van der Waals surface area contributed by atoms with Gasteiger partial charge in [-0.05, 0) is 60.3 Å². The van der Waals surface area contributed by atoms with Crippen LogP contribution in [0.15, 0.2) is 48.5 Å². The summed E-state index contributed by atoms with van der Waals surface area (Å²) in [6.45, 7) is 5.39. The first-order chi connectivity index (χ1) is 10.6. The van der Waals surface area contributed by atoms with Gasteiger partial charge in [-0.25, -0.2) is 0 Å². The number of rotatable bonds is 2. The van der Waals surface area contributed by atoms with Gasteiger partial charge in [0.25, 0.3) is 0 Å². The van der Waals surface area contributed by atoms with Crippen LogP contribution in [0.5, 0.6) is 0 Å². The number of fused-ring (bicyclic) bond motifs is 1. The molecule has 0 unspecified atom stereocenters. The van der Waals surface area contributed by atoms with Crippen molar-refractivity contribution in [2.45, 2.75) is 32.6 Å². The summed E-state index contributed by atoms with van der Waals surface area (Å²) in [7, 11) is 0. The molecule has 3 heteroatoms. The lowest BCUT2D eigenvalue weighted by molar-refractivity contribution is 0.780. The highest BCUT2D eigenvalue weighted by Gasteiger charge is 2.19. The molecule has 2 aromatic carbocycles. The minimum absolute atomic E-state index is 0.519. The van der Waals surface area contributed by atoms with Crippen LogP contribution in [0.2, 0.25) is 0 Å². The molecule has 0 aliphatic carbocycles. The van der Waals surface area contributed by atoms with Gasteiger partial charge >= 0.3 is 0 Å². The van der Waals surface area contributed by atoms with Gasteiger partial charge in [0.15, 0.2) is 5.11 Å². The van der Waals surface area contributed by atoms with Crippen LogP contribution < -0.4 is 10.2 Å². The molecule has 1 N–H and O–H groups in total. The quantitative estimate of drug-likeness (QED) is 0.789. The molecule has 0 radical (unpaired) electrons. The standard InChI is InChI=1S/C19H22N2S/c1-14(2)16-8-5-10-17(13-16)20-19(22)21-12-6-9-15-7-3-4-11-18(15)21/h3-5,7-8,10-11,13-14H,6,9,12H2,1-2H3,(H,20,22). The fourth-order valence-corrected chi connectivity index (χ4v) is 3.22. The molecule has 1 heterocycles. The van der Waals surface area contributed by atoms with Gasteiger partial charge in [-0.2, -0.15) is 0 Å². The van der Waals surface area contributed by atoms with E-state index in [2.05, 4.69) is 72.6 Å². The molecule has 0 atom stereocenters. The SMILES string of the molecule is CC(C)c1cccc(NC(=S)N2CCCc3ccccc32)c1. The molecule has 2 aromatic rings. The average molecular weight is 310 g/mol. The van der Waals surface area contributed by atoms with E-state index < -0.39 is 0 Å². The van der Waals surface area contributed by atoms with E-state index in [9.17, 15) is 0 Å². The first kappa shape index (κ1) is 15.0. The molecule has 0 bridgehead atoms. The minimum atomic E-state index is 0.519. The molecule has 3 rings (SSSR count). The topological polar surface area (TPSA) is 15.3 Å². The molecule has 0 aromatic heterocycles. The van der Waals surface area contributed by atoms with Crippen molar-refractivity contribution in [1.82, 2.24) is 0 Å². The highest BCUT2D eigenvalue weighted by atomic mass is 32.1. The Balaban J connectivity index is 1.80. The first-order valence-corrected chi connectivity index (χ1v) is 8.32. The Morgan fingerprint density at radius 1 is 1.14 bits per heavy atom. The Labute approximate surface area is 138 Å². The smallest absolute Gasteiger partial charge is 0.177 e. The molecule has 22 heavy (non-hydrogen) atoms. The van der Waals surface area contributed by atoms with Crippen LogP contribution in [0.3, 0.4) is 0 Å². The summed E-state index contributed by atoms with van der Waals surface area (Å²) in [5.74, 6) is 0.519. The van der Waals surface area contributed by atoms with E-state index in [0.717, 1.165) is 30.2 Å². The molecular formula is C19H22N2S. The van der Waals surface area contributed by atoms with Crippen LogP contribution in [-0.2, 0) is 6.42 Å². The third-order valence-corrected chi connectivity index (χ3v) is 4.48. The monoisotopic (exact) mass is 310 g/mol. The number of para-hydroxylation sites is 1. The Morgan fingerprint density at radius 3 is 2.77 bits per heavy atom. The number of benzene rings is 2. The van der Waals surface area contributed by atoms with Crippen molar-refractivity contribution >= 4 is 28.7 Å². The molecule has 114 valence electrons. The van der Waals surface area contributed by atoms with E-state index in [1.165, 1.54) is 16.8 Å². The number of anilines is 2. The zero-order chi connectivity index (χ0) is 15.5. The van der Waals surface area contributed by atoms with Gasteiger partial charge < -0.3 is 10.2 Å². The normalized spacial score (nSPS) is 13.9. The van der Waals surface area contributed by atoms with Gasteiger partial charge in [-0.3, -0.25) is 0 Å². The Hall–Kier alpha value is -1.87. The summed E-state index contributed by atoms with van der Waals surface area (Å²) in [6.07, 6.45) is 2.28. The van der Waals surface area contributed by atoms with Crippen molar-refractivity contribution in [3.8, 4) is 0 Å². The van der Waals surface area contributed by atoms with Crippen molar-refractivity contribution in [2.75, 3.05) is 16.8 Å². The number of hydrogen-bond acceptors (Lipinski definition) is 1. The average Bonchev–Trinajstić information content (AvgIpc) is 2.54. The lowest BCUT2D eigenvalue weighted by atomic mass is 10.0. The van der Waals surface area contributed by atoms with Gasteiger partial charge in [-0.15, -0.1) is 0 Å². The highest BCUT2D eigenvalue weighted by Crippen LogP contribution is 2.27. The lowest BCUT2D eigenvalue weighted by Gasteiger charge is -2.31. The predicted molar refractivity (Wildman–Crippen MR) is 98.9 cm³/mol. The van der Waals surface area contributed by atoms with Crippen molar-refractivity contribution in [1.29, 1.82) is 0 Å². The molecular weight excluding hydrogens is 288 g/mol. The van der Waals surface area contributed by atoms with Crippen LogP contribution in [-0.4, -0.2) is 11.7 Å². The van der Waals surface area contributed by atoms with E-state index in [4.69, 9.17) is 12.2 Å². The maximum Gasteiger partial charge on any atom is 0.177 e. The second-order valence-corrected chi connectivity index (χ2v) is 6.48. The van der Waals surface area contributed by atoms with Gasteiger partial charge in [0, 0.05) is 17.9 Å².